The van der Waals surface area contributed by atoms with Crippen LogP contribution in [0.5, 0.6) is 0 Å². The number of nitrogens with two attached hydrogens (primary N) is 1. The number of rotatable bonds is 2. The van der Waals surface area contributed by atoms with Crippen LogP contribution in [-0.2, 0) is 0 Å². The number of nitrogens with zero attached hydrogens (tertiary/aromatic N) is 2. The molecule has 1 aliphatic carbocycles. The summed E-state index contributed by atoms with van der Waals surface area (Å²) in [5.74, 6) is 0.778. The SMILES string of the molecule is Cc1cc(NC2CCCCC2N)nc(Cl)n1. The molecule has 3 N–H and O–H groups in total. The van der Waals surface area contributed by atoms with Crippen LogP contribution in [0.4, 0.5) is 5.82 Å². The first-order valence-corrected chi connectivity index (χ1v) is 6.06. The van der Waals surface area contributed by atoms with Gasteiger partial charge in [0.15, 0.2) is 0 Å². The van der Waals surface area contributed by atoms with Crippen LogP contribution in [0.3, 0.4) is 0 Å². The molecule has 1 heterocycles. The average Bonchev–Trinajstić information content (AvgIpc) is 2.20. The monoisotopic (exact) mass is 240 g/mol. The molecule has 1 fully saturated rings. The van der Waals surface area contributed by atoms with Gasteiger partial charge in [-0.2, -0.15) is 0 Å². The van der Waals surface area contributed by atoms with Crippen molar-refractivity contribution in [3.05, 3.63) is 17.0 Å². The van der Waals surface area contributed by atoms with Crippen molar-refractivity contribution in [3.8, 4) is 0 Å². The lowest BCUT2D eigenvalue weighted by Gasteiger charge is -2.29. The summed E-state index contributed by atoms with van der Waals surface area (Å²) in [6, 6.07) is 2.41. The number of aryl methyl sites for hydroxylation is 1. The van der Waals surface area contributed by atoms with Crippen molar-refractivity contribution in [2.45, 2.75) is 44.7 Å². The van der Waals surface area contributed by atoms with Gasteiger partial charge in [0.2, 0.25) is 5.28 Å². The molecule has 16 heavy (non-hydrogen) atoms. The van der Waals surface area contributed by atoms with Gasteiger partial charge in [0.05, 0.1) is 0 Å². The fourth-order valence-electron chi connectivity index (χ4n) is 2.13. The Morgan fingerprint density at radius 1 is 1.38 bits per heavy atom. The van der Waals surface area contributed by atoms with Gasteiger partial charge in [-0.15, -0.1) is 0 Å². The highest BCUT2D eigenvalue weighted by atomic mass is 35.5. The summed E-state index contributed by atoms with van der Waals surface area (Å²) in [5, 5.41) is 3.64. The summed E-state index contributed by atoms with van der Waals surface area (Å²) in [7, 11) is 0. The standard InChI is InChI=1S/C11H17ClN4/c1-7-6-10(16-11(12)14-7)15-9-5-3-2-4-8(9)13/h6,8-9H,2-5,13H2,1H3,(H,14,15,16). The van der Waals surface area contributed by atoms with E-state index < -0.39 is 0 Å². The molecule has 4 nitrogen and oxygen atoms in total. The molecule has 1 aliphatic rings. The largest absolute Gasteiger partial charge is 0.366 e. The molecule has 0 spiro atoms. The van der Waals surface area contributed by atoms with Gasteiger partial charge in [0.25, 0.3) is 0 Å². The molecule has 0 bridgehead atoms. The zero-order valence-electron chi connectivity index (χ0n) is 9.41. The molecule has 5 heteroatoms. The highest BCUT2D eigenvalue weighted by Crippen LogP contribution is 2.21. The van der Waals surface area contributed by atoms with Gasteiger partial charge in [0.1, 0.15) is 5.82 Å². The van der Waals surface area contributed by atoms with Crippen molar-refractivity contribution in [2.75, 3.05) is 5.32 Å². The molecule has 1 aromatic heterocycles. The third-order valence-electron chi connectivity index (χ3n) is 2.98. The smallest absolute Gasteiger partial charge is 0.224 e. The molecular formula is C11H17ClN4. The van der Waals surface area contributed by atoms with Gasteiger partial charge in [-0.3, -0.25) is 0 Å². The van der Waals surface area contributed by atoms with E-state index in [9.17, 15) is 0 Å². The summed E-state index contributed by atoms with van der Waals surface area (Å²) in [6.07, 6.45) is 4.63. The summed E-state index contributed by atoms with van der Waals surface area (Å²) < 4.78 is 0. The fourth-order valence-corrected chi connectivity index (χ4v) is 2.36. The number of hydrogen-bond acceptors (Lipinski definition) is 4. The molecule has 0 aliphatic heterocycles. The number of nitrogens with one attached hydrogen (secondary N) is 1. The molecule has 1 saturated carbocycles. The molecule has 0 amide bonds. The Morgan fingerprint density at radius 2 is 2.12 bits per heavy atom. The van der Waals surface area contributed by atoms with Crippen LogP contribution in [-0.4, -0.2) is 22.1 Å². The van der Waals surface area contributed by atoms with Crippen LogP contribution in [0.15, 0.2) is 6.07 Å². The Hall–Kier alpha value is -0.870. The predicted octanol–water partition coefficient (Wildman–Crippen LogP) is 2.12. The summed E-state index contributed by atoms with van der Waals surface area (Å²) in [5.41, 5.74) is 6.93. The molecule has 0 saturated heterocycles. The first kappa shape index (κ1) is 11.6. The van der Waals surface area contributed by atoms with Crippen molar-refractivity contribution in [2.24, 2.45) is 5.73 Å². The van der Waals surface area contributed by atoms with E-state index in [-0.39, 0.29) is 11.3 Å². The van der Waals surface area contributed by atoms with Crippen LogP contribution in [0.1, 0.15) is 31.4 Å². The maximum atomic E-state index is 6.06. The zero-order chi connectivity index (χ0) is 11.5. The van der Waals surface area contributed by atoms with Crippen molar-refractivity contribution in [1.29, 1.82) is 0 Å². The highest BCUT2D eigenvalue weighted by Gasteiger charge is 2.21. The Kier molecular flexibility index (Phi) is 3.61. The van der Waals surface area contributed by atoms with Crippen LogP contribution in [0.25, 0.3) is 0 Å². The van der Waals surface area contributed by atoms with Crippen molar-refractivity contribution >= 4 is 17.4 Å². The Bertz CT molecular complexity index is 349. The van der Waals surface area contributed by atoms with Gasteiger partial charge in [-0.25, -0.2) is 9.97 Å². The van der Waals surface area contributed by atoms with Gasteiger partial charge >= 0.3 is 0 Å². The quantitative estimate of drug-likeness (QED) is 0.778. The lowest BCUT2D eigenvalue weighted by atomic mass is 9.91. The van der Waals surface area contributed by atoms with E-state index in [1.165, 1.54) is 12.8 Å². The predicted molar refractivity (Wildman–Crippen MR) is 65.6 cm³/mol. The number of halogens is 1. The molecule has 1 aromatic rings. The molecule has 0 aromatic carbocycles. The normalized spacial score (nSPS) is 25.4. The minimum Gasteiger partial charge on any atom is -0.366 e. The van der Waals surface area contributed by atoms with E-state index in [0.717, 1.165) is 24.4 Å². The topological polar surface area (TPSA) is 63.8 Å². The van der Waals surface area contributed by atoms with Gasteiger partial charge in [-0.1, -0.05) is 12.8 Å². The Balaban J connectivity index is 2.07. The van der Waals surface area contributed by atoms with Crippen LogP contribution in [0.2, 0.25) is 5.28 Å². The molecule has 0 radical (unpaired) electrons. The minimum atomic E-state index is 0.211. The molecule has 2 rings (SSSR count). The second kappa shape index (κ2) is 4.97. The van der Waals surface area contributed by atoms with Crippen molar-refractivity contribution < 1.29 is 0 Å². The number of aromatic nitrogens is 2. The zero-order valence-corrected chi connectivity index (χ0v) is 10.2. The van der Waals surface area contributed by atoms with Crippen LogP contribution < -0.4 is 11.1 Å². The lowest BCUT2D eigenvalue weighted by Crippen LogP contribution is -2.42. The maximum absolute atomic E-state index is 6.06. The first-order chi connectivity index (χ1) is 7.65. The van der Waals surface area contributed by atoms with Gasteiger partial charge in [-0.05, 0) is 31.4 Å². The summed E-state index contributed by atoms with van der Waals surface area (Å²) in [6.45, 7) is 1.90. The Labute approximate surface area is 101 Å². The van der Waals surface area contributed by atoms with Crippen LogP contribution >= 0.6 is 11.6 Å². The van der Waals surface area contributed by atoms with Crippen molar-refractivity contribution in [3.63, 3.8) is 0 Å². The van der Waals surface area contributed by atoms with E-state index >= 15 is 0 Å². The second-order valence-electron chi connectivity index (χ2n) is 4.36. The molecule has 88 valence electrons. The Morgan fingerprint density at radius 3 is 2.81 bits per heavy atom. The van der Waals surface area contributed by atoms with Crippen LogP contribution in [0, 0.1) is 6.92 Å². The average molecular weight is 241 g/mol. The summed E-state index contributed by atoms with van der Waals surface area (Å²) >= 11 is 5.81. The van der Waals surface area contributed by atoms with E-state index in [4.69, 9.17) is 17.3 Å². The maximum Gasteiger partial charge on any atom is 0.224 e. The minimum absolute atomic E-state index is 0.211. The molecule has 2 unspecified atom stereocenters. The molecule has 2 atom stereocenters. The second-order valence-corrected chi connectivity index (χ2v) is 4.70. The van der Waals surface area contributed by atoms with E-state index in [2.05, 4.69) is 15.3 Å². The highest BCUT2D eigenvalue weighted by molar-refractivity contribution is 6.28. The molecular weight excluding hydrogens is 224 g/mol. The lowest BCUT2D eigenvalue weighted by molar-refractivity contribution is 0.403. The van der Waals surface area contributed by atoms with E-state index in [1.54, 1.807) is 0 Å². The van der Waals surface area contributed by atoms with Gasteiger partial charge < -0.3 is 11.1 Å². The number of hydrogen-bond donors (Lipinski definition) is 2. The van der Waals surface area contributed by atoms with Crippen molar-refractivity contribution in [1.82, 2.24) is 9.97 Å². The van der Waals surface area contributed by atoms with Gasteiger partial charge in [0, 0.05) is 23.8 Å². The summed E-state index contributed by atoms with van der Waals surface area (Å²) in [4.78, 5) is 8.18. The third-order valence-corrected chi connectivity index (χ3v) is 3.15. The fraction of sp³-hybridized carbons (Fsp3) is 0.636. The van der Waals surface area contributed by atoms with E-state index in [0.29, 0.717) is 6.04 Å². The first-order valence-electron chi connectivity index (χ1n) is 5.68. The third kappa shape index (κ3) is 2.83. The van der Waals surface area contributed by atoms with E-state index in [1.807, 2.05) is 13.0 Å². The number of anilines is 1.